The van der Waals surface area contributed by atoms with Crippen molar-refractivity contribution in [2.45, 2.75) is 24.3 Å². The van der Waals surface area contributed by atoms with Gasteiger partial charge in [0.2, 0.25) is 0 Å². The molecule has 1 fully saturated rings. The minimum atomic E-state index is -0.448. The summed E-state index contributed by atoms with van der Waals surface area (Å²) < 4.78 is 17.9. The van der Waals surface area contributed by atoms with E-state index in [4.69, 9.17) is 11.6 Å². The molecule has 0 atom stereocenters. The second-order valence-corrected chi connectivity index (χ2v) is 10.00. The molecule has 2 aliphatic heterocycles. The Balaban J connectivity index is 1.17. The summed E-state index contributed by atoms with van der Waals surface area (Å²) in [6.07, 6.45) is 3.83. The van der Waals surface area contributed by atoms with E-state index in [9.17, 15) is 9.18 Å². The number of hydrogen-bond donors (Lipinski definition) is 1. The van der Waals surface area contributed by atoms with E-state index in [0.29, 0.717) is 24.3 Å². The normalized spacial score (nSPS) is 15.7. The fraction of sp³-hybridized carbons (Fsp3) is 0.259. The Hall–Kier alpha value is -2.87. The Kier molecular flexibility index (Phi) is 7.37. The minimum Gasteiger partial charge on any atom is -0.336 e. The van der Waals surface area contributed by atoms with Crippen molar-refractivity contribution in [2.24, 2.45) is 4.99 Å². The predicted molar refractivity (Wildman–Crippen MR) is 141 cm³/mol. The number of carbonyl (C=O) groups excluding carboxylic acids is 1. The number of fused-ring (bicyclic) bond motifs is 1. The van der Waals surface area contributed by atoms with Crippen molar-refractivity contribution in [3.05, 3.63) is 88.2 Å². The highest BCUT2D eigenvalue weighted by atomic mass is 35.5. The first-order chi connectivity index (χ1) is 17.1. The number of para-hydroxylation sites is 1. The smallest absolute Gasteiger partial charge is 0.254 e. The maximum absolute atomic E-state index is 14.9. The van der Waals surface area contributed by atoms with Crippen LogP contribution in [0.5, 0.6) is 0 Å². The zero-order chi connectivity index (χ0) is 24.2. The van der Waals surface area contributed by atoms with Gasteiger partial charge in [-0.1, -0.05) is 35.9 Å². The van der Waals surface area contributed by atoms with Crippen LogP contribution in [0.4, 0.5) is 15.8 Å². The van der Waals surface area contributed by atoms with Crippen LogP contribution in [0, 0.1) is 5.82 Å². The average Bonchev–Trinajstić information content (AvgIpc) is 2.88. The largest absolute Gasteiger partial charge is 0.336 e. The fourth-order valence-electron chi connectivity index (χ4n) is 4.40. The molecular formula is C27H26ClFN4OS. The number of nitrogens with zero attached hydrogens (tertiary/aromatic N) is 3. The average molecular weight is 509 g/mol. The van der Waals surface area contributed by atoms with Crippen molar-refractivity contribution in [1.82, 2.24) is 9.80 Å². The number of aliphatic imine (C=N–C) groups is 1. The van der Waals surface area contributed by atoms with Gasteiger partial charge < -0.3 is 9.62 Å². The van der Waals surface area contributed by atoms with Crippen molar-refractivity contribution in [3.8, 4) is 0 Å². The third-order valence-electron chi connectivity index (χ3n) is 6.29. The molecule has 0 aliphatic carbocycles. The van der Waals surface area contributed by atoms with Crippen LogP contribution >= 0.6 is 23.5 Å². The lowest BCUT2D eigenvalue weighted by Gasteiger charge is -2.34. The van der Waals surface area contributed by atoms with Crippen LogP contribution in [0.2, 0.25) is 5.02 Å². The molecular weight excluding hydrogens is 483 g/mol. The van der Waals surface area contributed by atoms with Crippen LogP contribution in [-0.4, -0.2) is 48.1 Å². The molecule has 35 heavy (non-hydrogen) atoms. The summed E-state index contributed by atoms with van der Waals surface area (Å²) in [6, 6.07) is 18.5. The first-order valence-electron chi connectivity index (χ1n) is 11.7. The van der Waals surface area contributed by atoms with Crippen LogP contribution in [0.15, 0.2) is 70.6 Å². The van der Waals surface area contributed by atoms with Gasteiger partial charge in [0.25, 0.3) is 5.91 Å². The topological polar surface area (TPSA) is 47.9 Å². The monoisotopic (exact) mass is 508 g/mol. The number of anilines is 1. The third kappa shape index (κ3) is 5.69. The van der Waals surface area contributed by atoms with Crippen LogP contribution in [0.25, 0.3) is 0 Å². The quantitative estimate of drug-likeness (QED) is 0.402. The number of amides is 1. The van der Waals surface area contributed by atoms with Gasteiger partial charge in [0.05, 0.1) is 16.3 Å². The van der Waals surface area contributed by atoms with Gasteiger partial charge in [-0.15, -0.1) is 0 Å². The molecule has 1 amide bonds. The van der Waals surface area contributed by atoms with E-state index in [0.717, 1.165) is 53.6 Å². The molecule has 5 nitrogen and oxygen atoms in total. The number of carbonyl (C=O) groups is 1. The molecule has 2 heterocycles. The summed E-state index contributed by atoms with van der Waals surface area (Å²) in [5.74, 6) is -0.590. The first kappa shape index (κ1) is 23.9. The van der Waals surface area contributed by atoms with Crippen LogP contribution in [0.1, 0.15) is 27.9 Å². The summed E-state index contributed by atoms with van der Waals surface area (Å²) in [4.78, 5) is 22.5. The number of halogens is 2. The SMILES string of the molecule is O=C(c1ccc(NSc2cccc3c2N=CCC3)c(F)c1)N1CCN(Cc2cccc(Cl)c2)CC1. The molecule has 0 bridgehead atoms. The van der Waals surface area contributed by atoms with Crippen LogP contribution < -0.4 is 4.72 Å². The van der Waals surface area contributed by atoms with Gasteiger partial charge in [-0.25, -0.2) is 4.39 Å². The maximum Gasteiger partial charge on any atom is 0.254 e. The lowest BCUT2D eigenvalue weighted by Crippen LogP contribution is -2.48. The molecule has 5 rings (SSSR count). The highest BCUT2D eigenvalue weighted by molar-refractivity contribution is 8.00. The van der Waals surface area contributed by atoms with E-state index in [-0.39, 0.29) is 5.91 Å². The predicted octanol–water partition coefficient (Wildman–Crippen LogP) is 6.20. The third-order valence-corrected chi connectivity index (χ3v) is 7.39. The summed E-state index contributed by atoms with van der Waals surface area (Å²) in [7, 11) is 0. The van der Waals surface area contributed by atoms with Gasteiger partial charge in [0.15, 0.2) is 0 Å². The molecule has 0 unspecified atom stereocenters. The summed E-state index contributed by atoms with van der Waals surface area (Å²) >= 11 is 7.42. The number of rotatable bonds is 6. The molecule has 0 spiro atoms. The van der Waals surface area contributed by atoms with Gasteiger partial charge in [-0.3, -0.25) is 14.7 Å². The Bertz CT molecular complexity index is 1260. The summed E-state index contributed by atoms with van der Waals surface area (Å²) in [6.45, 7) is 3.54. The van der Waals surface area contributed by atoms with E-state index in [1.54, 1.807) is 17.0 Å². The van der Waals surface area contributed by atoms with Gasteiger partial charge in [0, 0.05) is 49.5 Å². The van der Waals surface area contributed by atoms with Crippen LogP contribution in [-0.2, 0) is 13.0 Å². The summed E-state index contributed by atoms with van der Waals surface area (Å²) in [5.41, 5.74) is 4.01. The zero-order valence-electron chi connectivity index (χ0n) is 19.2. The van der Waals surface area contributed by atoms with Crippen molar-refractivity contribution >= 4 is 47.0 Å². The standard InChI is InChI=1S/C27H26ClFN4OS/c28-22-7-1-4-19(16-22)18-32-12-14-33(15-13-32)27(34)21-9-10-24(23(29)17-21)31-35-25-8-2-5-20-6-3-11-30-26(20)25/h1-2,4-5,7-11,16-17,31H,3,6,12-15,18H2. The molecule has 180 valence electrons. The van der Waals surface area contributed by atoms with Crippen LogP contribution in [0.3, 0.4) is 0 Å². The van der Waals surface area contributed by atoms with Gasteiger partial charge in [-0.2, -0.15) is 0 Å². The molecule has 8 heteroatoms. The first-order valence-corrected chi connectivity index (χ1v) is 12.9. The van der Waals surface area contributed by atoms with Gasteiger partial charge in [0.1, 0.15) is 5.82 Å². The molecule has 1 N–H and O–H groups in total. The van der Waals surface area contributed by atoms with Crippen molar-refractivity contribution in [3.63, 3.8) is 0 Å². The molecule has 0 aromatic heterocycles. The second-order valence-electron chi connectivity index (χ2n) is 8.71. The highest BCUT2D eigenvalue weighted by Crippen LogP contribution is 2.36. The Morgan fingerprint density at radius 2 is 1.89 bits per heavy atom. The highest BCUT2D eigenvalue weighted by Gasteiger charge is 2.23. The number of benzene rings is 3. The van der Waals surface area contributed by atoms with Crippen molar-refractivity contribution < 1.29 is 9.18 Å². The summed E-state index contributed by atoms with van der Waals surface area (Å²) in [5, 5.41) is 0.728. The Morgan fingerprint density at radius 3 is 2.69 bits per heavy atom. The zero-order valence-corrected chi connectivity index (χ0v) is 20.8. The lowest BCUT2D eigenvalue weighted by molar-refractivity contribution is 0.0628. The molecule has 1 saturated heterocycles. The number of nitrogens with one attached hydrogen (secondary N) is 1. The van der Waals surface area contributed by atoms with Crippen molar-refractivity contribution in [2.75, 3.05) is 30.9 Å². The number of aryl methyl sites for hydroxylation is 1. The molecule has 2 aliphatic rings. The van der Waals surface area contributed by atoms with E-state index in [2.05, 4.69) is 26.7 Å². The van der Waals surface area contributed by atoms with Gasteiger partial charge >= 0.3 is 0 Å². The molecule has 3 aromatic rings. The lowest BCUT2D eigenvalue weighted by atomic mass is 10.1. The maximum atomic E-state index is 14.9. The Labute approximate surface area is 214 Å². The minimum absolute atomic E-state index is 0.142. The number of hydrogen-bond acceptors (Lipinski definition) is 5. The molecule has 0 saturated carbocycles. The van der Waals surface area contributed by atoms with Gasteiger partial charge in [-0.05, 0) is 72.3 Å². The fourth-order valence-corrected chi connectivity index (χ4v) is 5.43. The van der Waals surface area contributed by atoms with E-state index in [1.165, 1.54) is 23.6 Å². The number of piperazine rings is 1. The van der Waals surface area contributed by atoms with E-state index in [1.807, 2.05) is 36.5 Å². The second kappa shape index (κ2) is 10.8. The van der Waals surface area contributed by atoms with E-state index >= 15 is 0 Å². The van der Waals surface area contributed by atoms with Crippen molar-refractivity contribution in [1.29, 1.82) is 0 Å². The Morgan fingerprint density at radius 1 is 1.06 bits per heavy atom. The van der Waals surface area contributed by atoms with E-state index < -0.39 is 5.82 Å². The molecule has 3 aromatic carbocycles. The molecule has 0 radical (unpaired) electrons.